The lowest BCUT2D eigenvalue weighted by Crippen LogP contribution is -2.13. The van der Waals surface area contributed by atoms with Crippen LogP contribution in [0.1, 0.15) is 11.1 Å². The summed E-state index contributed by atoms with van der Waals surface area (Å²) in [7, 11) is 0. The summed E-state index contributed by atoms with van der Waals surface area (Å²) in [4.78, 5) is 8.37. The predicted octanol–water partition coefficient (Wildman–Crippen LogP) is 2.21. The highest BCUT2D eigenvalue weighted by Crippen LogP contribution is 2.24. The van der Waals surface area contributed by atoms with Crippen LogP contribution in [0, 0.1) is 6.92 Å². The fourth-order valence-electron chi connectivity index (χ4n) is 1.43. The summed E-state index contributed by atoms with van der Waals surface area (Å²) in [5.41, 5.74) is 7.26. The summed E-state index contributed by atoms with van der Waals surface area (Å²) < 4.78 is 5.61. The minimum Gasteiger partial charge on any atom is -0.437 e. The normalized spacial score (nSPS) is 9.94. The fraction of sp³-hybridized carbons (Fsp3) is 0.0833. The maximum Gasteiger partial charge on any atom is 0.229 e. The van der Waals surface area contributed by atoms with Crippen molar-refractivity contribution >= 4 is 17.2 Å². The summed E-state index contributed by atoms with van der Waals surface area (Å²) in [6.45, 7) is 1.91. The van der Waals surface area contributed by atoms with Crippen LogP contribution < -0.4 is 10.5 Å². The van der Waals surface area contributed by atoms with E-state index >= 15 is 0 Å². The van der Waals surface area contributed by atoms with Crippen LogP contribution in [0.5, 0.6) is 11.6 Å². The Bertz CT molecular complexity index is 543. The number of thiocarbonyl (C=S) groups is 1. The van der Waals surface area contributed by atoms with Crippen LogP contribution in [0.4, 0.5) is 0 Å². The molecule has 0 fully saturated rings. The van der Waals surface area contributed by atoms with Crippen molar-refractivity contribution in [2.45, 2.75) is 6.92 Å². The molecule has 0 saturated carbocycles. The molecule has 0 bridgehead atoms. The molecule has 5 heteroatoms. The van der Waals surface area contributed by atoms with E-state index in [1.807, 2.05) is 13.0 Å². The molecule has 2 aromatic rings. The van der Waals surface area contributed by atoms with Gasteiger partial charge in [-0.2, -0.15) is 0 Å². The van der Waals surface area contributed by atoms with Crippen LogP contribution in [-0.2, 0) is 0 Å². The molecule has 4 nitrogen and oxygen atoms in total. The second-order valence-electron chi connectivity index (χ2n) is 3.46. The van der Waals surface area contributed by atoms with Gasteiger partial charge in [-0.15, -0.1) is 0 Å². The molecule has 0 unspecified atom stereocenters. The van der Waals surface area contributed by atoms with Gasteiger partial charge >= 0.3 is 0 Å². The molecule has 2 aromatic heterocycles. The number of pyridine rings is 2. The molecule has 0 aromatic carbocycles. The van der Waals surface area contributed by atoms with E-state index in [0.717, 1.165) is 5.56 Å². The van der Waals surface area contributed by atoms with Crippen molar-refractivity contribution in [3.63, 3.8) is 0 Å². The highest BCUT2D eigenvalue weighted by Gasteiger charge is 2.11. The van der Waals surface area contributed by atoms with Crippen molar-refractivity contribution in [3.05, 3.63) is 47.9 Å². The Morgan fingerprint density at radius 1 is 1.35 bits per heavy atom. The van der Waals surface area contributed by atoms with Crippen LogP contribution in [-0.4, -0.2) is 15.0 Å². The van der Waals surface area contributed by atoms with Crippen LogP contribution >= 0.6 is 12.2 Å². The molecule has 0 aliphatic heterocycles. The minimum absolute atomic E-state index is 0.273. The SMILES string of the molecule is Cc1ccnc(Oc2cccnc2)c1C(N)=S. The average molecular weight is 245 g/mol. The van der Waals surface area contributed by atoms with E-state index < -0.39 is 0 Å². The summed E-state index contributed by atoms with van der Waals surface area (Å²) in [6, 6.07) is 5.41. The number of hydrogen-bond acceptors (Lipinski definition) is 4. The summed E-state index contributed by atoms with van der Waals surface area (Å²) in [5, 5.41) is 0. The van der Waals surface area contributed by atoms with Crippen molar-refractivity contribution in [3.8, 4) is 11.6 Å². The molecule has 0 saturated heterocycles. The van der Waals surface area contributed by atoms with Gasteiger partial charge in [0.15, 0.2) is 0 Å². The Hall–Kier alpha value is -2.01. The van der Waals surface area contributed by atoms with E-state index in [0.29, 0.717) is 17.2 Å². The molecular weight excluding hydrogens is 234 g/mol. The summed E-state index contributed by atoms with van der Waals surface area (Å²) in [5.74, 6) is 1.01. The average Bonchev–Trinajstić information content (AvgIpc) is 2.30. The van der Waals surface area contributed by atoms with E-state index in [1.165, 1.54) is 0 Å². The molecule has 2 N–H and O–H groups in total. The zero-order valence-corrected chi connectivity index (χ0v) is 10.1. The number of ether oxygens (including phenoxy) is 1. The molecule has 2 heterocycles. The number of hydrogen-bond donors (Lipinski definition) is 1. The first-order chi connectivity index (χ1) is 8.18. The minimum atomic E-state index is 0.273. The Balaban J connectivity index is 2.40. The third-order valence-corrected chi connectivity index (χ3v) is 2.42. The highest BCUT2D eigenvalue weighted by atomic mass is 32.1. The van der Waals surface area contributed by atoms with E-state index in [4.69, 9.17) is 22.7 Å². The van der Waals surface area contributed by atoms with Gasteiger partial charge in [0.05, 0.1) is 11.8 Å². The lowest BCUT2D eigenvalue weighted by atomic mass is 10.1. The topological polar surface area (TPSA) is 61.0 Å². The molecule has 0 aliphatic carbocycles. The van der Waals surface area contributed by atoms with E-state index in [-0.39, 0.29) is 4.99 Å². The second kappa shape index (κ2) is 4.88. The first-order valence-corrected chi connectivity index (χ1v) is 5.42. The van der Waals surface area contributed by atoms with E-state index in [2.05, 4.69) is 9.97 Å². The van der Waals surface area contributed by atoms with Gasteiger partial charge < -0.3 is 10.5 Å². The molecule has 0 spiro atoms. The number of nitrogens with two attached hydrogens (primary N) is 1. The van der Waals surface area contributed by atoms with Crippen molar-refractivity contribution in [2.24, 2.45) is 5.73 Å². The Morgan fingerprint density at radius 2 is 2.18 bits per heavy atom. The van der Waals surface area contributed by atoms with Gasteiger partial charge in [-0.3, -0.25) is 4.98 Å². The van der Waals surface area contributed by atoms with Crippen molar-refractivity contribution in [1.29, 1.82) is 0 Å². The first kappa shape index (κ1) is 11.5. The van der Waals surface area contributed by atoms with Gasteiger partial charge in [0, 0.05) is 12.4 Å². The molecular formula is C12H11N3OS. The van der Waals surface area contributed by atoms with Gasteiger partial charge in [-0.1, -0.05) is 12.2 Å². The summed E-state index contributed by atoms with van der Waals surface area (Å²) >= 11 is 5.00. The predicted molar refractivity (Wildman–Crippen MR) is 69.2 cm³/mol. The molecule has 0 amide bonds. The Kier molecular flexibility index (Phi) is 3.30. The smallest absolute Gasteiger partial charge is 0.229 e. The van der Waals surface area contributed by atoms with Crippen LogP contribution in [0.3, 0.4) is 0 Å². The first-order valence-electron chi connectivity index (χ1n) is 5.02. The van der Waals surface area contributed by atoms with Gasteiger partial charge in [0.25, 0.3) is 0 Å². The van der Waals surface area contributed by atoms with Crippen molar-refractivity contribution in [1.82, 2.24) is 9.97 Å². The van der Waals surface area contributed by atoms with Gasteiger partial charge in [0.1, 0.15) is 10.7 Å². The van der Waals surface area contributed by atoms with Gasteiger partial charge in [-0.05, 0) is 30.7 Å². The number of nitrogens with zero attached hydrogens (tertiary/aromatic N) is 2. The number of rotatable bonds is 3. The lowest BCUT2D eigenvalue weighted by molar-refractivity contribution is 0.459. The molecule has 2 rings (SSSR count). The molecule has 0 aliphatic rings. The largest absolute Gasteiger partial charge is 0.437 e. The molecule has 0 radical (unpaired) electrons. The third kappa shape index (κ3) is 2.57. The quantitative estimate of drug-likeness (QED) is 0.840. The van der Waals surface area contributed by atoms with Crippen LogP contribution in [0.2, 0.25) is 0 Å². The Morgan fingerprint density at radius 3 is 2.82 bits per heavy atom. The Labute approximate surface area is 104 Å². The summed E-state index contributed by atoms with van der Waals surface area (Å²) in [6.07, 6.45) is 4.93. The van der Waals surface area contributed by atoms with Crippen LogP contribution in [0.15, 0.2) is 36.8 Å². The molecule has 86 valence electrons. The molecule has 0 atom stereocenters. The highest BCUT2D eigenvalue weighted by molar-refractivity contribution is 7.80. The molecule has 17 heavy (non-hydrogen) atoms. The van der Waals surface area contributed by atoms with Crippen molar-refractivity contribution in [2.75, 3.05) is 0 Å². The van der Waals surface area contributed by atoms with E-state index in [1.54, 1.807) is 30.7 Å². The maximum atomic E-state index is 5.66. The zero-order valence-electron chi connectivity index (χ0n) is 9.25. The fourth-order valence-corrected chi connectivity index (χ4v) is 1.68. The van der Waals surface area contributed by atoms with E-state index in [9.17, 15) is 0 Å². The van der Waals surface area contributed by atoms with Gasteiger partial charge in [0.2, 0.25) is 5.88 Å². The van der Waals surface area contributed by atoms with Crippen LogP contribution in [0.25, 0.3) is 0 Å². The standard InChI is InChI=1S/C12H11N3OS/c1-8-4-6-15-12(10(8)11(13)17)16-9-3-2-5-14-7-9/h2-7H,1H3,(H2,13,17). The third-order valence-electron chi connectivity index (χ3n) is 2.22. The lowest BCUT2D eigenvalue weighted by Gasteiger charge is -2.10. The number of aryl methyl sites for hydroxylation is 1. The van der Waals surface area contributed by atoms with Crippen molar-refractivity contribution < 1.29 is 4.74 Å². The number of aromatic nitrogens is 2. The second-order valence-corrected chi connectivity index (χ2v) is 3.90. The van der Waals surface area contributed by atoms with Gasteiger partial charge in [-0.25, -0.2) is 4.98 Å². The monoisotopic (exact) mass is 245 g/mol. The maximum absolute atomic E-state index is 5.66. The zero-order chi connectivity index (χ0) is 12.3.